The highest BCUT2D eigenvalue weighted by Gasteiger charge is 2.32. The summed E-state index contributed by atoms with van der Waals surface area (Å²) >= 11 is 0. The van der Waals surface area contributed by atoms with Gasteiger partial charge in [-0.3, -0.25) is 4.79 Å². The van der Waals surface area contributed by atoms with E-state index in [2.05, 4.69) is 15.0 Å². The zero-order valence-electron chi connectivity index (χ0n) is 19.0. The molecule has 8 nitrogen and oxygen atoms in total. The second kappa shape index (κ2) is 10.4. The third-order valence-corrected chi connectivity index (χ3v) is 5.89. The number of carbonyl (C=O) groups excluding carboxylic acids is 2. The molecule has 2 atom stereocenters. The molecule has 4 rings (SSSR count). The lowest BCUT2D eigenvalue weighted by Crippen LogP contribution is -2.47. The SMILES string of the molecule is COC(=O)c1ccc(-c2ncccn2)c(C(=O)N2C[C@H](COc3ccc(F)cn3)CC[C@H]2C)c1. The molecule has 2 aromatic heterocycles. The zero-order chi connectivity index (χ0) is 24.1. The van der Waals surface area contributed by atoms with Gasteiger partial charge in [-0.1, -0.05) is 0 Å². The highest BCUT2D eigenvalue weighted by atomic mass is 19.1. The van der Waals surface area contributed by atoms with E-state index in [-0.39, 0.29) is 23.4 Å². The molecule has 0 N–H and O–H groups in total. The normalized spacial score (nSPS) is 17.8. The largest absolute Gasteiger partial charge is 0.477 e. The molecule has 3 heterocycles. The number of pyridine rings is 1. The van der Waals surface area contributed by atoms with Crippen molar-refractivity contribution in [3.63, 3.8) is 0 Å². The summed E-state index contributed by atoms with van der Waals surface area (Å²) in [4.78, 5) is 40.2. The number of methoxy groups -OCH3 is 1. The number of esters is 1. The molecule has 0 bridgehead atoms. The fourth-order valence-corrected chi connectivity index (χ4v) is 4.01. The first-order valence-electron chi connectivity index (χ1n) is 11.0. The van der Waals surface area contributed by atoms with Gasteiger partial charge in [0.15, 0.2) is 5.82 Å². The molecule has 1 amide bonds. The maximum atomic E-state index is 13.7. The van der Waals surface area contributed by atoms with Crippen LogP contribution < -0.4 is 4.74 Å². The van der Waals surface area contributed by atoms with E-state index >= 15 is 0 Å². The minimum atomic E-state index is -0.528. The Bertz CT molecular complexity index is 1160. The van der Waals surface area contributed by atoms with Gasteiger partial charge in [0, 0.05) is 42.5 Å². The number of piperidine rings is 1. The van der Waals surface area contributed by atoms with E-state index in [0.29, 0.717) is 36.0 Å². The van der Waals surface area contributed by atoms with Gasteiger partial charge in [0.1, 0.15) is 5.82 Å². The number of rotatable bonds is 6. The van der Waals surface area contributed by atoms with Crippen LogP contribution in [-0.4, -0.2) is 58.0 Å². The monoisotopic (exact) mass is 464 g/mol. The molecular weight excluding hydrogens is 439 g/mol. The number of hydrogen-bond acceptors (Lipinski definition) is 7. The maximum absolute atomic E-state index is 13.7. The maximum Gasteiger partial charge on any atom is 0.337 e. The van der Waals surface area contributed by atoms with E-state index in [1.165, 1.54) is 25.3 Å². The molecule has 1 aromatic carbocycles. The van der Waals surface area contributed by atoms with Crippen LogP contribution in [0.15, 0.2) is 55.0 Å². The third kappa shape index (κ3) is 5.19. The number of amides is 1. The van der Waals surface area contributed by atoms with E-state index in [1.54, 1.807) is 35.5 Å². The van der Waals surface area contributed by atoms with Crippen molar-refractivity contribution in [2.24, 2.45) is 5.92 Å². The Kier molecular flexibility index (Phi) is 7.10. The van der Waals surface area contributed by atoms with Gasteiger partial charge in [-0.2, -0.15) is 0 Å². The lowest BCUT2D eigenvalue weighted by Gasteiger charge is -2.38. The molecule has 9 heteroatoms. The van der Waals surface area contributed by atoms with Crippen LogP contribution in [0.5, 0.6) is 5.88 Å². The molecule has 0 saturated carbocycles. The average molecular weight is 464 g/mol. The number of carbonyl (C=O) groups is 2. The minimum absolute atomic E-state index is 0.000907. The van der Waals surface area contributed by atoms with E-state index in [4.69, 9.17) is 9.47 Å². The first-order valence-corrected chi connectivity index (χ1v) is 11.0. The van der Waals surface area contributed by atoms with Crippen LogP contribution in [0.25, 0.3) is 11.4 Å². The topological polar surface area (TPSA) is 94.5 Å². The zero-order valence-corrected chi connectivity index (χ0v) is 19.0. The number of ether oxygens (including phenoxy) is 2. The van der Waals surface area contributed by atoms with Gasteiger partial charge in [0.2, 0.25) is 5.88 Å². The van der Waals surface area contributed by atoms with Crippen LogP contribution in [0.2, 0.25) is 0 Å². The molecule has 1 aliphatic rings. The molecule has 0 unspecified atom stereocenters. The van der Waals surface area contributed by atoms with Crippen molar-refractivity contribution in [2.75, 3.05) is 20.3 Å². The van der Waals surface area contributed by atoms with Crippen molar-refractivity contribution in [1.29, 1.82) is 0 Å². The van der Waals surface area contributed by atoms with Crippen LogP contribution in [0.1, 0.15) is 40.5 Å². The van der Waals surface area contributed by atoms with E-state index in [9.17, 15) is 14.0 Å². The van der Waals surface area contributed by atoms with Crippen molar-refractivity contribution in [3.8, 4) is 17.3 Å². The molecule has 0 aliphatic carbocycles. The fraction of sp³-hybridized carbons (Fsp3) is 0.320. The summed E-state index contributed by atoms with van der Waals surface area (Å²) in [7, 11) is 1.30. The summed E-state index contributed by atoms with van der Waals surface area (Å²) < 4.78 is 23.7. The number of aromatic nitrogens is 3. The lowest BCUT2D eigenvalue weighted by atomic mass is 9.92. The summed E-state index contributed by atoms with van der Waals surface area (Å²) in [5.74, 6) is -0.360. The molecule has 0 spiro atoms. The number of hydrogen-bond donors (Lipinski definition) is 0. The highest BCUT2D eigenvalue weighted by molar-refractivity contribution is 6.03. The molecule has 1 aliphatic heterocycles. The van der Waals surface area contributed by atoms with E-state index in [1.807, 2.05) is 6.92 Å². The van der Waals surface area contributed by atoms with Crippen molar-refractivity contribution in [2.45, 2.75) is 25.8 Å². The number of likely N-dealkylation sites (tertiary alicyclic amines) is 1. The van der Waals surface area contributed by atoms with Gasteiger partial charge in [-0.05, 0) is 50.1 Å². The van der Waals surface area contributed by atoms with Crippen LogP contribution in [-0.2, 0) is 4.74 Å². The van der Waals surface area contributed by atoms with E-state index < -0.39 is 11.8 Å². The summed E-state index contributed by atoms with van der Waals surface area (Å²) in [6, 6.07) is 9.27. The predicted octanol–water partition coefficient (Wildman–Crippen LogP) is 3.78. The quantitative estimate of drug-likeness (QED) is 0.513. The number of benzene rings is 1. The minimum Gasteiger partial charge on any atom is -0.477 e. The Morgan fingerprint density at radius 3 is 2.62 bits per heavy atom. The third-order valence-electron chi connectivity index (χ3n) is 5.89. The Balaban J connectivity index is 1.58. The van der Waals surface area contributed by atoms with Gasteiger partial charge in [-0.25, -0.2) is 24.1 Å². The highest BCUT2D eigenvalue weighted by Crippen LogP contribution is 2.28. The van der Waals surface area contributed by atoms with Crippen LogP contribution in [0, 0.1) is 11.7 Å². The van der Waals surface area contributed by atoms with Crippen molar-refractivity contribution >= 4 is 11.9 Å². The smallest absolute Gasteiger partial charge is 0.337 e. The van der Waals surface area contributed by atoms with Crippen LogP contribution in [0.4, 0.5) is 4.39 Å². The molecule has 0 radical (unpaired) electrons. The Morgan fingerprint density at radius 2 is 1.91 bits per heavy atom. The fourth-order valence-electron chi connectivity index (χ4n) is 4.01. The molecule has 1 fully saturated rings. The van der Waals surface area contributed by atoms with Gasteiger partial charge >= 0.3 is 5.97 Å². The van der Waals surface area contributed by atoms with Gasteiger partial charge in [-0.15, -0.1) is 0 Å². The van der Waals surface area contributed by atoms with Gasteiger partial charge in [0.25, 0.3) is 5.91 Å². The van der Waals surface area contributed by atoms with Crippen molar-refractivity contribution in [1.82, 2.24) is 19.9 Å². The van der Waals surface area contributed by atoms with Crippen LogP contribution in [0.3, 0.4) is 0 Å². The first kappa shape index (κ1) is 23.3. The van der Waals surface area contributed by atoms with Crippen molar-refractivity contribution in [3.05, 3.63) is 71.9 Å². The van der Waals surface area contributed by atoms with Crippen LogP contribution >= 0.6 is 0 Å². The summed E-state index contributed by atoms with van der Waals surface area (Å²) in [6.07, 6.45) is 5.99. The molecule has 3 aromatic rings. The summed E-state index contributed by atoms with van der Waals surface area (Å²) in [6.45, 7) is 2.82. The molecule has 176 valence electrons. The second-order valence-electron chi connectivity index (χ2n) is 8.20. The lowest BCUT2D eigenvalue weighted by molar-refractivity contribution is 0.0503. The Hall–Kier alpha value is -3.88. The Morgan fingerprint density at radius 1 is 1.12 bits per heavy atom. The standard InChI is InChI=1S/C25H25FN4O4/c1-16-4-5-17(15-34-22-9-7-19(26)13-29-22)14-30(16)24(31)21-12-18(25(32)33-2)6-8-20(21)23-27-10-3-11-28-23/h3,6-13,16-17H,4-5,14-15H2,1-2H3/t16-,17-/m1/s1. The first-order chi connectivity index (χ1) is 16.5. The number of nitrogens with zero attached hydrogens (tertiary/aromatic N) is 4. The summed E-state index contributed by atoms with van der Waals surface area (Å²) in [5, 5.41) is 0. The Labute approximate surface area is 196 Å². The molecule has 34 heavy (non-hydrogen) atoms. The summed E-state index contributed by atoms with van der Waals surface area (Å²) in [5.41, 5.74) is 1.15. The van der Waals surface area contributed by atoms with Crippen molar-refractivity contribution < 1.29 is 23.5 Å². The van der Waals surface area contributed by atoms with Gasteiger partial charge in [0.05, 0.1) is 31.0 Å². The van der Waals surface area contributed by atoms with Gasteiger partial charge < -0.3 is 14.4 Å². The second-order valence-corrected chi connectivity index (χ2v) is 8.20. The number of halogens is 1. The molecular formula is C25H25FN4O4. The average Bonchev–Trinajstić information content (AvgIpc) is 2.88. The van der Waals surface area contributed by atoms with E-state index in [0.717, 1.165) is 19.0 Å². The molecule has 1 saturated heterocycles. The predicted molar refractivity (Wildman–Crippen MR) is 122 cm³/mol.